The molecule has 1 aromatic carbocycles. The monoisotopic (exact) mass is 401 g/mol. The Kier molecular flexibility index (Phi) is 5.38. The minimum Gasteiger partial charge on any atom is -0.340 e. The number of nitrogens with zero attached hydrogens (tertiary/aromatic N) is 3. The highest BCUT2D eigenvalue weighted by Crippen LogP contribution is 2.28. The quantitative estimate of drug-likeness (QED) is 0.793. The number of aryl methyl sites for hydroxylation is 1. The largest absolute Gasteiger partial charge is 0.340 e. The van der Waals surface area contributed by atoms with E-state index in [9.17, 15) is 13.2 Å². The van der Waals surface area contributed by atoms with Crippen LogP contribution in [-0.2, 0) is 14.8 Å². The maximum atomic E-state index is 13.3. The van der Waals surface area contributed by atoms with Gasteiger partial charge in [0.1, 0.15) is 0 Å². The molecule has 1 saturated carbocycles. The molecule has 7 heteroatoms. The van der Waals surface area contributed by atoms with Crippen molar-refractivity contribution in [1.82, 2.24) is 14.2 Å². The number of carbonyl (C=O) groups excluding carboxylic acids is 1. The van der Waals surface area contributed by atoms with E-state index < -0.39 is 10.0 Å². The van der Waals surface area contributed by atoms with Crippen LogP contribution in [-0.4, -0.2) is 54.7 Å². The molecule has 2 aliphatic rings. The van der Waals surface area contributed by atoms with E-state index in [1.54, 1.807) is 18.3 Å². The number of piperazine rings is 1. The van der Waals surface area contributed by atoms with Crippen LogP contribution in [0.25, 0.3) is 10.8 Å². The van der Waals surface area contributed by atoms with Crippen molar-refractivity contribution in [2.45, 2.75) is 43.9 Å². The smallest absolute Gasteiger partial charge is 0.243 e. The van der Waals surface area contributed by atoms with Gasteiger partial charge in [0.15, 0.2) is 0 Å². The minimum atomic E-state index is -3.61. The van der Waals surface area contributed by atoms with E-state index in [0.717, 1.165) is 36.8 Å². The second kappa shape index (κ2) is 7.79. The highest BCUT2D eigenvalue weighted by molar-refractivity contribution is 7.89. The van der Waals surface area contributed by atoms with Gasteiger partial charge < -0.3 is 4.90 Å². The van der Waals surface area contributed by atoms with E-state index in [-0.39, 0.29) is 11.8 Å². The van der Waals surface area contributed by atoms with Crippen LogP contribution in [0.2, 0.25) is 0 Å². The van der Waals surface area contributed by atoms with Crippen LogP contribution in [0.5, 0.6) is 0 Å². The number of sulfonamides is 1. The normalized spacial score (nSPS) is 19.8. The second-order valence-corrected chi connectivity index (χ2v) is 9.77. The zero-order valence-electron chi connectivity index (χ0n) is 16.3. The molecule has 2 aromatic rings. The average molecular weight is 402 g/mol. The Bertz CT molecular complexity index is 976. The van der Waals surface area contributed by atoms with Gasteiger partial charge in [0.2, 0.25) is 15.9 Å². The third-order valence-electron chi connectivity index (χ3n) is 5.98. The third-order valence-corrected chi connectivity index (χ3v) is 7.94. The summed E-state index contributed by atoms with van der Waals surface area (Å²) < 4.78 is 28.1. The average Bonchev–Trinajstić information content (AvgIpc) is 2.73. The van der Waals surface area contributed by atoms with Crippen molar-refractivity contribution in [1.29, 1.82) is 0 Å². The number of hydrogen-bond donors (Lipinski definition) is 0. The summed E-state index contributed by atoms with van der Waals surface area (Å²) in [6, 6.07) is 7.12. The molecule has 1 amide bonds. The number of rotatable bonds is 3. The van der Waals surface area contributed by atoms with Gasteiger partial charge in [0, 0.05) is 54.8 Å². The molecule has 0 unspecified atom stereocenters. The molecule has 6 nitrogen and oxygen atoms in total. The van der Waals surface area contributed by atoms with Crippen LogP contribution in [0, 0.1) is 12.8 Å². The van der Waals surface area contributed by atoms with Gasteiger partial charge in [-0.2, -0.15) is 4.31 Å². The molecule has 0 N–H and O–H groups in total. The molecule has 28 heavy (non-hydrogen) atoms. The van der Waals surface area contributed by atoms with Crippen LogP contribution < -0.4 is 0 Å². The van der Waals surface area contributed by atoms with Crippen LogP contribution in [0.3, 0.4) is 0 Å². The molecule has 2 heterocycles. The number of amides is 1. The Hall–Kier alpha value is -1.99. The van der Waals surface area contributed by atoms with Crippen molar-refractivity contribution in [3.8, 4) is 0 Å². The molecule has 0 atom stereocenters. The van der Waals surface area contributed by atoms with Gasteiger partial charge in [-0.25, -0.2) is 8.42 Å². The highest BCUT2D eigenvalue weighted by Gasteiger charge is 2.33. The summed E-state index contributed by atoms with van der Waals surface area (Å²) in [5.74, 6) is 0.342. The summed E-state index contributed by atoms with van der Waals surface area (Å²) in [4.78, 5) is 19.2. The zero-order valence-corrected chi connectivity index (χ0v) is 17.1. The van der Waals surface area contributed by atoms with Crippen molar-refractivity contribution in [3.05, 3.63) is 36.2 Å². The molecule has 2 fully saturated rings. The molecular weight excluding hydrogens is 374 g/mol. The van der Waals surface area contributed by atoms with Gasteiger partial charge in [-0.1, -0.05) is 31.4 Å². The van der Waals surface area contributed by atoms with Crippen molar-refractivity contribution in [2.24, 2.45) is 5.92 Å². The molecule has 0 bridgehead atoms. The molecule has 0 spiro atoms. The number of aromatic nitrogens is 1. The van der Waals surface area contributed by atoms with Gasteiger partial charge in [0.05, 0.1) is 4.90 Å². The van der Waals surface area contributed by atoms with Crippen LogP contribution in [0.1, 0.15) is 37.8 Å². The first kappa shape index (κ1) is 19.3. The van der Waals surface area contributed by atoms with E-state index in [1.165, 1.54) is 10.7 Å². The van der Waals surface area contributed by atoms with Crippen LogP contribution in [0.15, 0.2) is 35.4 Å². The number of pyridine rings is 1. The van der Waals surface area contributed by atoms with Crippen LogP contribution in [0.4, 0.5) is 0 Å². The zero-order chi connectivity index (χ0) is 19.7. The minimum absolute atomic E-state index is 0.130. The number of fused-ring (bicyclic) bond motifs is 1. The highest BCUT2D eigenvalue weighted by atomic mass is 32.2. The topological polar surface area (TPSA) is 70.6 Å². The fraction of sp³-hybridized carbons (Fsp3) is 0.524. The maximum Gasteiger partial charge on any atom is 0.243 e. The van der Waals surface area contributed by atoms with Crippen molar-refractivity contribution >= 4 is 26.7 Å². The van der Waals surface area contributed by atoms with E-state index in [2.05, 4.69) is 4.98 Å². The van der Waals surface area contributed by atoms with E-state index in [4.69, 9.17) is 0 Å². The number of benzene rings is 1. The molecule has 1 saturated heterocycles. The SMILES string of the molecule is Cc1cc2c(S(=O)(=O)N3CCN(C(=O)C4CCCCC4)CC3)cccc2cn1. The van der Waals surface area contributed by atoms with Gasteiger partial charge >= 0.3 is 0 Å². The summed E-state index contributed by atoms with van der Waals surface area (Å²) in [7, 11) is -3.61. The van der Waals surface area contributed by atoms with E-state index >= 15 is 0 Å². The molecule has 0 radical (unpaired) electrons. The molecule has 1 aliphatic carbocycles. The maximum absolute atomic E-state index is 13.3. The first-order valence-electron chi connectivity index (χ1n) is 10.1. The summed E-state index contributed by atoms with van der Waals surface area (Å²) in [6.07, 6.45) is 7.13. The molecular formula is C21H27N3O3S. The summed E-state index contributed by atoms with van der Waals surface area (Å²) >= 11 is 0. The van der Waals surface area contributed by atoms with Gasteiger partial charge in [0.25, 0.3) is 0 Å². The van der Waals surface area contributed by atoms with Gasteiger partial charge in [-0.15, -0.1) is 0 Å². The van der Waals surface area contributed by atoms with Gasteiger partial charge in [-0.05, 0) is 31.9 Å². The molecule has 1 aromatic heterocycles. The summed E-state index contributed by atoms with van der Waals surface area (Å²) in [6.45, 7) is 3.50. The molecule has 1 aliphatic heterocycles. The van der Waals surface area contributed by atoms with E-state index in [1.807, 2.05) is 24.0 Å². The first-order chi connectivity index (χ1) is 13.5. The van der Waals surface area contributed by atoms with Crippen LogP contribution >= 0.6 is 0 Å². The second-order valence-electron chi connectivity index (χ2n) is 7.87. The Morgan fingerprint density at radius 1 is 1.07 bits per heavy atom. The number of carbonyl (C=O) groups is 1. The third kappa shape index (κ3) is 3.65. The van der Waals surface area contributed by atoms with Crippen molar-refractivity contribution < 1.29 is 13.2 Å². The lowest BCUT2D eigenvalue weighted by atomic mass is 9.88. The molecule has 4 rings (SSSR count). The molecule has 150 valence electrons. The Morgan fingerprint density at radius 2 is 1.79 bits per heavy atom. The summed E-state index contributed by atoms with van der Waals surface area (Å²) in [5.41, 5.74) is 0.790. The fourth-order valence-corrected chi connectivity index (χ4v) is 5.99. The lowest BCUT2D eigenvalue weighted by Crippen LogP contribution is -2.52. The Labute approximate surface area is 166 Å². The standard InChI is InChI=1S/C21H27N3O3S/c1-16-14-19-18(15-22-16)8-5-9-20(19)28(26,27)24-12-10-23(11-13-24)21(25)17-6-3-2-4-7-17/h5,8-9,14-15,17H,2-4,6-7,10-13H2,1H3. The van der Waals surface area contributed by atoms with Gasteiger partial charge in [-0.3, -0.25) is 9.78 Å². The lowest BCUT2D eigenvalue weighted by molar-refractivity contribution is -0.137. The predicted octanol–water partition coefficient (Wildman–Crippen LogP) is 2.96. The van der Waals surface area contributed by atoms with Crippen molar-refractivity contribution in [2.75, 3.05) is 26.2 Å². The number of hydrogen-bond acceptors (Lipinski definition) is 4. The Morgan fingerprint density at radius 3 is 2.50 bits per heavy atom. The lowest BCUT2D eigenvalue weighted by Gasteiger charge is -2.36. The Balaban J connectivity index is 1.51. The van der Waals surface area contributed by atoms with E-state index in [0.29, 0.717) is 36.5 Å². The summed E-state index contributed by atoms with van der Waals surface area (Å²) in [5, 5.41) is 1.52. The van der Waals surface area contributed by atoms with Crippen molar-refractivity contribution in [3.63, 3.8) is 0 Å². The first-order valence-corrected chi connectivity index (χ1v) is 11.5. The fourth-order valence-electron chi connectivity index (χ4n) is 4.37. The predicted molar refractivity (Wildman–Crippen MR) is 108 cm³/mol.